The Bertz CT molecular complexity index is 474. The van der Waals surface area contributed by atoms with Gasteiger partial charge in [-0.05, 0) is 0 Å². The number of nitrogens with one attached hydrogen (secondary N) is 1. The molecule has 1 aromatic rings. The summed E-state index contributed by atoms with van der Waals surface area (Å²) >= 11 is 0. The number of nitrogen functional groups attached to an aromatic ring is 1. The van der Waals surface area contributed by atoms with Crippen molar-refractivity contribution in [3.8, 4) is 0 Å². The highest BCUT2D eigenvalue weighted by Crippen LogP contribution is 2.30. The fourth-order valence-corrected chi connectivity index (χ4v) is 1.84. The summed E-state index contributed by atoms with van der Waals surface area (Å²) in [5, 5.41) is 50.2. The first-order valence-electron chi connectivity index (χ1n) is 5.61. The molecule has 2 rings (SSSR count). The molecule has 0 aliphatic carbocycles. The Morgan fingerprint density at radius 1 is 1.40 bits per heavy atom. The molecule has 0 spiro atoms. The molecular formula is C9H14N5O6-. The Kier molecular flexibility index (Phi) is 4.17. The minimum absolute atomic E-state index is 0.190. The summed E-state index contributed by atoms with van der Waals surface area (Å²) in [6.07, 6.45) is -3.77. The number of nitrogens with two attached hydrogens (primary N) is 1. The summed E-state index contributed by atoms with van der Waals surface area (Å²) in [6, 6.07) is 0. The Labute approximate surface area is 112 Å². The van der Waals surface area contributed by atoms with Gasteiger partial charge in [-0.3, -0.25) is 5.21 Å². The normalized spacial score (nSPS) is 29.4. The Hall–Kier alpha value is -1.76. The minimum atomic E-state index is -1.37. The van der Waals surface area contributed by atoms with Crippen molar-refractivity contribution in [2.45, 2.75) is 24.5 Å². The van der Waals surface area contributed by atoms with Gasteiger partial charge in [-0.2, -0.15) is 0 Å². The van der Waals surface area contributed by atoms with Gasteiger partial charge >= 0.3 is 0 Å². The van der Waals surface area contributed by atoms with Gasteiger partial charge in [-0.1, -0.05) is 0 Å². The number of nitrogens with zero attached hydrogens (tertiary/aromatic N) is 3. The minimum Gasteiger partial charge on any atom is -0.733 e. The number of hydrogen-bond donors (Lipinski definition) is 6. The van der Waals surface area contributed by atoms with Crippen LogP contribution in [0.25, 0.3) is 0 Å². The van der Waals surface area contributed by atoms with Crippen molar-refractivity contribution in [1.82, 2.24) is 9.97 Å². The summed E-state index contributed by atoms with van der Waals surface area (Å²) in [5.41, 5.74) is 4.97. The van der Waals surface area contributed by atoms with E-state index in [0.29, 0.717) is 0 Å². The highest BCUT2D eigenvalue weighted by molar-refractivity contribution is 5.75. The van der Waals surface area contributed by atoms with Crippen molar-refractivity contribution in [2.75, 3.05) is 22.9 Å². The molecule has 112 valence electrons. The molecule has 4 atom stereocenters. The first kappa shape index (κ1) is 14.6. The van der Waals surface area contributed by atoms with E-state index in [1.54, 1.807) is 0 Å². The van der Waals surface area contributed by atoms with Crippen LogP contribution >= 0.6 is 0 Å². The van der Waals surface area contributed by atoms with Crippen LogP contribution < -0.4 is 16.3 Å². The average molecular weight is 288 g/mol. The molecule has 0 amide bonds. The van der Waals surface area contributed by atoms with E-state index in [1.165, 1.54) is 0 Å². The topological polar surface area (TPSA) is 180 Å². The quantitative estimate of drug-likeness (QED) is 0.325. The van der Waals surface area contributed by atoms with Crippen LogP contribution in [0.1, 0.15) is 0 Å². The highest BCUT2D eigenvalue weighted by atomic mass is 16.8. The molecule has 1 aliphatic heterocycles. The molecule has 0 aromatic carbocycles. The summed E-state index contributed by atoms with van der Waals surface area (Å²) in [4.78, 5) is 7.23. The average Bonchev–Trinajstić information content (AvgIpc) is 2.66. The molecule has 0 bridgehead atoms. The van der Waals surface area contributed by atoms with E-state index in [0.717, 1.165) is 6.33 Å². The predicted octanol–water partition coefficient (Wildman–Crippen LogP) is -2.40. The Balaban J connectivity index is 2.21. The lowest BCUT2D eigenvalue weighted by Gasteiger charge is -2.26. The predicted molar refractivity (Wildman–Crippen MR) is 65.5 cm³/mol. The fourth-order valence-electron chi connectivity index (χ4n) is 1.84. The zero-order valence-electron chi connectivity index (χ0n) is 10.1. The number of rotatable bonds is 4. The number of hydrogen-bond acceptors (Lipinski definition) is 11. The van der Waals surface area contributed by atoms with Gasteiger partial charge in [0.1, 0.15) is 30.3 Å². The van der Waals surface area contributed by atoms with Crippen LogP contribution in [-0.4, -0.2) is 61.6 Å². The first-order valence-corrected chi connectivity index (χ1v) is 5.61. The molecule has 1 saturated heterocycles. The van der Waals surface area contributed by atoms with Gasteiger partial charge in [0.15, 0.2) is 17.9 Å². The molecule has 1 fully saturated rings. The van der Waals surface area contributed by atoms with Crippen LogP contribution in [0.2, 0.25) is 0 Å². The molecule has 4 unspecified atom stereocenters. The van der Waals surface area contributed by atoms with Crippen molar-refractivity contribution in [2.24, 2.45) is 0 Å². The molecule has 0 saturated carbocycles. The summed E-state index contributed by atoms with van der Waals surface area (Å²) in [5.74, 6) is -0.475. The van der Waals surface area contributed by atoms with Gasteiger partial charge in [-0.15, -0.1) is 0 Å². The fraction of sp³-hybridized carbons (Fsp3) is 0.556. The molecule has 7 N–H and O–H groups in total. The van der Waals surface area contributed by atoms with E-state index in [4.69, 9.17) is 20.8 Å². The smallest absolute Gasteiger partial charge is 0.158 e. The molecule has 11 heteroatoms. The molecule has 2 heterocycles. The largest absolute Gasteiger partial charge is 0.733 e. The zero-order valence-corrected chi connectivity index (χ0v) is 10.1. The molecule has 11 nitrogen and oxygen atoms in total. The molecular weight excluding hydrogens is 274 g/mol. The van der Waals surface area contributed by atoms with Crippen molar-refractivity contribution < 1.29 is 25.3 Å². The van der Waals surface area contributed by atoms with Crippen LogP contribution in [0.4, 0.5) is 17.3 Å². The van der Waals surface area contributed by atoms with Crippen molar-refractivity contribution in [3.05, 3.63) is 11.5 Å². The van der Waals surface area contributed by atoms with E-state index >= 15 is 0 Å². The van der Waals surface area contributed by atoms with E-state index in [9.17, 15) is 15.4 Å². The molecule has 20 heavy (non-hydrogen) atoms. The number of aliphatic hydroxyl groups excluding tert-OH is 3. The van der Waals surface area contributed by atoms with Gasteiger partial charge in [-0.25, -0.2) is 9.97 Å². The van der Waals surface area contributed by atoms with Gasteiger partial charge in [0, 0.05) is 0 Å². The second-order valence-corrected chi connectivity index (χ2v) is 4.13. The zero-order chi connectivity index (χ0) is 14.9. The van der Waals surface area contributed by atoms with Crippen LogP contribution in [0.5, 0.6) is 0 Å². The SMILES string of the molecule is Nc1ncnc(NC2OC(CO)C(O)C2O)c1N([O-])O. The number of anilines is 3. The van der Waals surface area contributed by atoms with E-state index in [1.807, 2.05) is 0 Å². The van der Waals surface area contributed by atoms with Crippen molar-refractivity contribution >= 4 is 17.3 Å². The second-order valence-electron chi connectivity index (χ2n) is 4.13. The number of ether oxygens (including phenoxy) is 1. The summed E-state index contributed by atoms with van der Waals surface area (Å²) in [7, 11) is 0. The van der Waals surface area contributed by atoms with Crippen molar-refractivity contribution in [3.63, 3.8) is 0 Å². The summed E-state index contributed by atoms with van der Waals surface area (Å²) in [6.45, 7) is -0.497. The van der Waals surface area contributed by atoms with Gasteiger partial charge in [0.2, 0.25) is 0 Å². The maximum absolute atomic E-state index is 11.0. The second kappa shape index (κ2) is 5.70. The van der Waals surface area contributed by atoms with Crippen LogP contribution in [0.15, 0.2) is 6.33 Å². The maximum Gasteiger partial charge on any atom is 0.158 e. The molecule has 1 aliphatic rings. The van der Waals surface area contributed by atoms with E-state index in [2.05, 4.69) is 15.3 Å². The number of aromatic nitrogens is 2. The van der Waals surface area contributed by atoms with Crippen LogP contribution in [0, 0.1) is 5.21 Å². The lowest BCUT2D eigenvalue weighted by Crippen LogP contribution is -2.37. The van der Waals surface area contributed by atoms with E-state index in [-0.39, 0.29) is 11.6 Å². The van der Waals surface area contributed by atoms with Crippen molar-refractivity contribution in [1.29, 1.82) is 0 Å². The van der Waals surface area contributed by atoms with Gasteiger partial charge in [0.05, 0.1) is 6.61 Å². The maximum atomic E-state index is 11.0. The van der Waals surface area contributed by atoms with Crippen LogP contribution in [-0.2, 0) is 4.74 Å². The first-order chi connectivity index (χ1) is 9.45. The number of aliphatic hydroxyl groups is 3. The van der Waals surface area contributed by atoms with Gasteiger partial charge < -0.3 is 41.5 Å². The standard InChI is InChI=1S/C9H14N5O6/c10-7-4(14(18)19)8(12-2-11-7)13-9-6(17)5(16)3(1-15)20-9/h2-3,5-6,9,15-18H,1H2,(H3,10,11,12,13)/q-1. The van der Waals surface area contributed by atoms with Crippen LogP contribution in [0.3, 0.4) is 0 Å². The van der Waals surface area contributed by atoms with E-state index < -0.39 is 42.1 Å². The Morgan fingerprint density at radius 2 is 2.10 bits per heavy atom. The third-order valence-electron chi connectivity index (χ3n) is 2.86. The molecule has 1 aromatic heterocycles. The summed E-state index contributed by atoms with van der Waals surface area (Å²) < 4.78 is 5.15. The molecule has 0 radical (unpaired) electrons. The van der Waals surface area contributed by atoms with Gasteiger partial charge in [0.25, 0.3) is 0 Å². The third-order valence-corrected chi connectivity index (χ3v) is 2.86. The lowest BCUT2D eigenvalue weighted by atomic mass is 10.1. The Morgan fingerprint density at radius 3 is 2.65 bits per heavy atom. The third kappa shape index (κ3) is 2.58. The lowest BCUT2D eigenvalue weighted by molar-refractivity contribution is -0.0154. The highest BCUT2D eigenvalue weighted by Gasteiger charge is 2.42. The monoisotopic (exact) mass is 288 g/mol.